The lowest BCUT2D eigenvalue weighted by molar-refractivity contribution is 0.111. The van der Waals surface area contributed by atoms with Crippen molar-refractivity contribution in [2.75, 3.05) is 7.11 Å². The summed E-state index contributed by atoms with van der Waals surface area (Å²) in [6.07, 6.45) is 6.15. The van der Waals surface area contributed by atoms with Crippen LogP contribution in [0, 0.1) is 5.82 Å². The van der Waals surface area contributed by atoms with Crippen LogP contribution in [0.3, 0.4) is 0 Å². The first kappa shape index (κ1) is 12.9. The zero-order valence-corrected chi connectivity index (χ0v) is 10.4. The fourth-order valence-electron chi connectivity index (χ4n) is 2.26. The summed E-state index contributed by atoms with van der Waals surface area (Å²) in [7, 11) is 1.46. The molecule has 0 unspecified atom stereocenters. The van der Waals surface area contributed by atoms with Gasteiger partial charge in [0.2, 0.25) is 0 Å². The third-order valence-electron chi connectivity index (χ3n) is 3.26. The average molecular weight is 252 g/mol. The molecule has 1 aliphatic rings. The van der Waals surface area contributed by atoms with Crippen molar-refractivity contribution in [2.45, 2.75) is 38.2 Å². The first-order valence-corrected chi connectivity index (χ1v) is 6.24. The van der Waals surface area contributed by atoms with Crippen LogP contribution in [0.5, 0.6) is 11.5 Å². The number of benzene rings is 1. The maximum Gasteiger partial charge on any atom is 0.163 e. The summed E-state index contributed by atoms with van der Waals surface area (Å²) >= 11 is 0. The fraction of sp³-hybridized carbons (Fsp3) is 0.500. The van der Waals surface area contributed by atoms with Gasteiger partial charge in [-0.05, 0) is 31.7 Å². The molecule has 1 aromatic rings. The van der Waals surface area contributed by atoms with E-state index >= 15 is 0 Å². The Labute approximate surface area is 106 Å². The maximum atomic E-state index is 13.4. The molecule has 1 saturated carbocycles. The third kappa shape index (κ3) is 2.81. The van der Waals surface area contributed by atoms with E-state index < -0.39 is 5.82 Å². The molecule has 1 fully saturated rings. The Morgan fingerprint density at radius 3 is 2.56 bits per heavy atom. The Bertz CT molecular complexity index is 425. The molecule has 3 nitrogen and oxygen atoms in total. The summed E-state index contributed by atoms with van der Waals surface area (Å²) in [6.45, 7) is 0. The Morgan fingerprint density at radius 1 is 1.22 bits per heavy atom. The summed E-state index contributed by atoms with van der Waals surface area (Å²) in [5, 5.41) is 0. The van der Waals surface area contributed by atoms with Crippen molar-refractivity contribution < 1.29 is 18.7 Å². The molecule has 1 aliphatic carbocycles. The van der Waals surface area contributed by atoms with Crippen LogP contribution in [0.15, 0.2) is 12.1 Å². The molecule has 0 N–H and O–H groups in total. The van der Waals surface area contributed by atoms with Crippen molar-refractivity contribution in [3.8, 4) is 11.5 Å². The maximum absolute atomic E-state index is 13.4. The second kappa shape index (κ2) is 5.85. The van der Waals surface area contributed by atoms with Crippen molar-refractivity contribution in [1.29, 1.82) is 0 Å². The highest BCUT2D eigenvalue weighted by Crippen LogP contribution is 2.32. The molecule has 0 saturated heterocycles. The SMILES string of the molecule is COc1cc(F)c(C=O)cc1OC1CCCCC1. The van der Waals surface area contributed by atoms with Gasteiger partial charge in [0.25, 0.3) is 0 Å². The number of carbonyl (C=O) groups excluding carboxylic acids is 1. The van der Waals surface area contributed by atoms with E-state index in [1.807, 2.05) is 0 Å². The molecule has 0 bridgehead atoms. The van der Waals surface area contributed by atoms with E-state index in [-0.39, 0.29) is 11.7 Å². The first-order chi connectivity index (χ1) is 8.74. The minimum absolute atomic E-state index is 0.00149. The Morgan fingerprint density at radius 2 is 1.94 bits per heavy atom. The standard InChI is InChI=1S/C14H17FO3/c1-17-13-8-12(15)10(9-16)7-14(13)18-11-5-3-2-4-6-11/h7-9,11H,2-6H2,1H3. The van der Waals surface area contributed by atoms with Crippen LogP contribution >= 0.6 is 0 Å². The molecule has 0 radical (unpaired) electrons. The Balaban J connectivity index is 2.21. The highest BCUT2D eigenvalue weighted by atomic mass is 19.1. The molecule has 2 rings (SSSR count). The number of ether oxygens (including phenoxy) is 2. The van der Waals surface area contributed by atoms with Gasteiger partial charge < -0.3 is 9.47 Å². The molecule has 0 heterocycles. The number of carbonyl (C=O) groups is 1. The van der Waals surface area contributed by atoms with Crippen molar-refractivity contribution in [3.05, 3.63) is 23.5 Å². The smallest absolute Gasteiger partial charge is 0.163 e. The highest BCUT2D eigenvalue weighted by Gasteiger charge is 2.18. The quantitative estimate of drug-likeness (QED) is 0.771. The zero-order chi connectivity index (χ0) is 13.0. The predicted molar refractivity (Wildman–Crippen MR) is 65.8 cm³/mol. The van der Waals surface area contributed by atoms with Crippen LogP contribution in [-0.4, -0.2) is 19.5 Å². The van der Waals surface area contributed by atoms with E-state index in [0.717, 1.165) is 25.7 Å². The molecule has 0 aliphatic heterocycles. The second-order valence-electron chi connectivity index (χ2n) is 4.52. The van der Waals surface area contributed by atoms with Gasteiger partial charge in [-0.25, -0.2) is 4.39 Å². The van der Waals surface area contributed by atoms with Crippen LogP contribution in [0.2, 0.25) is 0 Å². The molecule has 0 atom stereocenters. The number of hydrogen-bond donors (Lipinski definition) is 0. The number of halogens is 1. The minimum atomic E-state index is -0.585. The number of hydrogen-bond acceptors (Lipinski definition) is 3. The predicted octanol–water partition coefficient (Wildman–Crippen LogP) is 3.36. The van der Waals surface area contributed by atoms with Crippen molar-refractivity contribution >= 4 is 6.29 Å². The molecule has 0 spiro atoms. The van der Waals surface area contributed by atoms with E-state index in [1.165, 1.54) is 25.7 Å². The van der Waals surface area contributed by atoms with Crippen LogP contribution in [0.4, 0.5) is 4.39 Å². The van der Waals surface area contributed by atoms with Gasteiger partial charge in [-0.2, -0.15) is 0 Å². The van der Waals surface area contributed by atoms with Crippen LogP contribution in [0.25, 0.3) is 0 Å². The topological polar surface area (TPSA) is 35.5 Å². The normalized spacial score (nSPS) is 16.3. The number of aldehydes is 1. The van der Waals surface area contributed by atoms with Gasteiger partial charge in [0.05, 0.1) is 18.8 Å². The van der Waals surface area contributed by atoms with Crippen LogP contribution in [-0.2, 0) is 0 Å². The monoisotopic (exact) mass is 252 g/mol. The van der Waals surface area contributed by atoms with E-state index in [4.69, 9.17) is 9.47 Å². The molecule has 98 valence electrons. The second-order valence-corrected chi connectivity index (χ2v) is 4.52. The zero-order valence-electron chi connectivity index (χ0n) is 10.4. The molecule has 1 aromatic carbocycles. The minimum Gasteiger partial charge on any atom is -0.493 e. The van der Waals surface area contributed by atoms with E-state index in [9.17, 15) is 9.18 Å². The lowest BCUT2D eigenvalue weighted by atomic mass is 9.98. The number of methoxy groups -OCH3 is 1. The van der Waals surface area contributed by atoms with Gasteiger partial charge in [-0.15, -0.1) is 0 Å². The lowest BCUT2D eigenvalue weighted by Crippen LogP contribution is -2.20. The van der Waals surface area contributed by atoms with Gasteiger partial charge in [-0.3, -0.25) is 4.79 Å². The highest BCUT2D eigenvalue weighted by molar-refractivity contribution is 5.77. The average Bonchev–Trinajstić information content (AvgIpc) is 2.41. The largest absolute Gasteiger partial charge is 0.493 e. The van der Waals surface area contributed by atoms with E-state index in [1.54, 1.807) is 0 Å². The van der Waals surface area contributed by atoms with Gasteiger partial charge in [0.1, 0.15) is 5.82 Å². The van der Waals surface area contributed by atoms with Crippen LogP contribution in [0.1, 0.15) is 42.5 Å². The summed E-state index contributed by atoms with van der Waals surface area (Å²) in [4.78, 5) is 10.7. The molecular formula is C14H17FO3. The van der Waals surface area contributed by atoms with Crippen LogP contribution < -0.4 is 9.47 Å². The molecule has 4 heteroatoms. The summed E-state index contributed by atoms with van der Waals surface area (Å²) in [6, 6.07) is 2.61. The van der Waals surface area contributed by atoms with Gasteiger partial charge in [0, 0.05) is 6.07 Å². The Kier molecular flexibility index (Phi) is 4.18. The van der Waals surface area contributed by atoms with Crippen molar-refractivity contribution in [2.24, 2.45) is 0 Å². The summed E-state index contributed by atoms with van der Waals surface area (Å²) < 4.78 is 24.3. The van der Waals surface area contributed by atoms with Gasteiger partial charge in [-0.1, -0.05) is 6.42 Å². The molecule has 18 heavy (non-hydrogen) atoms. The van der Waals surface area contributed by atoms with Gasteiger partial charge >= 0.3 is 0 Å². The molecule has 0 amide bonds. The molecule has 0 aromatic heterocycles. The third-order valence-corrected chi connectivity index (χ3v) is 3.26. The molecular weight excluding hydrogens is 235 g/mol. The first-order valence-electron chi connectivity index (χ1n) is 6.24. The van der Waals surface area contributed by atoms with Crippen molar-refractivity contribution in [1.82, 2.24) is 0 Å². The van der Waals surface area contributed by atoms with Gasteiger partial charge in [0.15, 0.2) is 17.8 Å². The Hall–Kier alpha value is -1.58. The summed E-state index contributed by atoms with van der Waals surface area (Å²) in [5.74, 6) is 0.203. The van der Waals surface area contributed by atoms with E-state index in [2.05, 4.69) is 0 Å². The lowest BCUT2D eigenvalue weighted by Gasteiger charge is -2.24. The fourth-order valence-corrected chi connectivity index (χ4v) is 2.26. The summed E-state index contributed by atoms with van der Waals surface area (Å²) in [5.41, 5.74) is 0.00149. The van der Waals surface area contributed by atoms with E-state index in [0.29, 0.717) is 17.8 Å². The van der Waals surface area contributed by atoms with Crippen molar-refractivity contribution in [3.63, 3.8) is 0 Å². The number of rotatable bonds is 4.